The van der Waals surface area contributed by atoms with E-state index in [-0.39, 0.29) is 27.7 Å². The lowest BCUT2D eigenvalue weighted by Gasteiger charge is -2.10. The van der Waals surface area contributed by atoms with Gasteiger partial charge in [-0.25, -0.2) is 13.4 Å². The molecule has 24 heavy (non-hydrogen) atoms. The highest BCUT2D eigenvalue weighted by Gasteiger charge is 2.16. The maximum absolute atomic E-state index is 12.4. The predicted octanol–water partition coefficient (Wildman–Crippen LogP) is 2.32. The van der Waals surface area contributed by atoms with Gasteiger partial charge in [0.2, 0.25) is 11.9 Å². The second-order valence-electron chi connectivity index (χ2n) is 4.74. The minimum atomic E-state index is -3.85. The van der Waals surface area contributed by atoms with Crippen LogP contribution < -0.4 is 15.4 Å². The van der Waals surface area contributed by atoms with Gasteiger partial charge < -0.3 is 10.6 Å². The van der Waals surface area contributed by atoms with Gasteiger partial charge in [0.25, 0.3) is 10.0 Å². The Labute approximate surface area is 144 Å². The van der Waals surface area contributed by atoms with Crippen LogP contribution in [0.5, 0.6) is 0 Å². The van der Waals surface area contributed by atoms with Crippen LogP contribution in [0.15, 0.2) is 35.2 Å². The van der Waals surface area contributed by atoms with Crippen molar-refractivity contribution in [1.82, 2.24) is 9.97 Å². The first kappa shape index (κ1) is 18.0. The van der Waals surface area contributed by atoms with Gasteiger partial charge in [-0.3, -0.25) is 9.52 Å². The second kappa shape index (κ2) is 7.45. The van der Waals surface area contributed by atoms with E-state index in [9.17, 15) is 13.2 Å². The van der Waals surface area contributed by atoms with Crippen LogP contribution in [0, 0.1) is 0 Å². The number of anilines is 3. The lowest BCUT2D eigenvalue weighted by atomic mass is 10.3. The SMILES string of the molecule is CCNc1nc(Cl)cc(NS(=O)(=O)c2ccc(NC(C)=O)cc2)n1. The molecule has 1 amide bonds. The van der Waals surface area contributed by atoms with Gasteiger partial charge in [0.05, 0.1) is 4.90 Å². The van der Waals surface area contributed by atoms with Crippen molar-refractivity contribution in [1.29, 1.82) is 0 Å². The fourth-order valence-electron chi connectivity index (χ4n) is 1.82. The summed E-state index contributed by atoms with van der Waals surface area (Å²) in [5, 5.41) is 5.53. The van der Waals surface area contributed by atoms with E-state index in [0.29, 0.717) is 12.2 Å². The molecule has 0 aliphatic rings. The molecule has 3 N–H and O–H groups in total. The number of hydrogen-bond donors (Lipinski definition) is 3. The molecule has 0 fully saturated rings. The zero-order chi connectivity index (χ0) is 17.7. The number of carbonyl (C=O) groups excluding carboxylic acids is 1. The van der Waals surface area contributed by atoms with E-state index in [1.807, 2.05) is 6.92 Å². The van der Waals surface area contributed by atoms with Crippen LogP contribution in [0.4, 0.5) is 17.5 Å². The zero-order valence-electron chi connectivity index (χ0n) is 13.0. The highest BCUT2D eigenvalue weighted by Crippen LogP contribution is 2.20. The Hall–Kier alpha value is -2.39. The van der Waals surface area contributed by atoms with Gasteiger partial charge in [-0.05, 0) is 31.2 Å². The van der Waals surface area contributed by atoms with E-state index in [0.717, 1.165) is 0 Å². The molecule has 0 aliphatic heterocycles. The number of aromatic nitrogens is 2. The quantitative estimate of drug-likeness (QED) is 0.673. The minimum absolute atomic E-state index is 0.0244. The van der Waals surface area contributed by atoms with E-state index in [2.05, 4.69) is 25.3 Å². The number of rotatable bonds is 6. The number of benzene rings is 1. The molecule has 0 unspecified atom stereocenters. The Bertz CT molecular complexity index is 840. The molecule has 0 spiro atoms. The van der Waals surface area contributed by atoms with Crippen molar-refractivity contribution in [3.63, 3.8) is 0 Å². The molecule has 0 atom stereocenters. The van der Waals surface area contributed by atoms with Crippen LogP contribution >= 0.6 is 11.6 Å². The molecular weight excluding hydrogens is 354 g/mol. The summed E-state index contributed by atoms with van der Waals surface area (Å²) in [6.45, 7) is 3.79. The lowest BCUT2D eigenvalue weighted by molar-refractivity contribution is -0.114. The van der Waals surface area contributed by atoms with Crippen LogP contribution in [0.1, 0.15) is 13.8 Å². The standard InChI is InChI=1S/C14H16ClN5O3S/c1-3-16-14-18-12(15)8-13(19-14)20-24(22,23)11-6-4-10(5-7-11)17-9(2)21/h4-8H,3H2,1-2H3,(H,17,21)(H2,16,18,19,20). The molecular formula is C14H16ClN5O3S. The summed E-state index contributed by atoms with van der Waals surface area (Å²) in [7, 11) is -3.85. The predicted molar refractivity (Wildman–Crippen MR) is 92.8 cm³/mol. The number of carbonyl (C=O) groups is 1. The fourth-order valence-corrected chi connectivity index (χ4v) is 3.00. The molecule has 10 heteroatoms. The molecule has 0 saturated carbocycles. The van der Waals surface area contributed by atoms with Crippen molar-refractivity contribution in [3.8, 4) is 0 Å². The third-order valence-corrected chi connectivity index (χ3v) is 4.32. The first-order chi connectivity index (χ1) is 11.3. The van der Waals surface area contributed by atoms with Crippen molar-refractivity contribution in [2.24, 2.45) is 0 Å². The van der Waals surface area contributed by atoms with E-state index in [4.69, 9.17) is 11.6 Å². The average Bonchev–Trinajstić information content (AvgIpc) is 2.46. The van der Waals surface area contributed by atoms with Crippen molar-refractivity contribution in [2.45, 2.75) is 18.7 Å². The Morgan fingerprint density at radius 1 is 1.21 bits per heavy atom. The van der Waals surface area contributed by atoms with Gasteiger partial charge >= 0.3 is 0 Å². The van der Waals surface area contributed by atoms with Crippen LogP contribution in [0.3, 0.4) is 0 Å². The maximum atomic E-state index is 12.4. The molecule has 0 saturated heterocycles. The molecule has 0 aliphatic carbocycles. The molecule has 8 nitrogen and oxygen atoms in total. The molecule has 2 aromatic rings. The van der Waals surface area contributed by atoms with Crippen molar-refractivity contribution >= 4 is 45.0 Å². The summed E-state index contributed by atoms with van der Waals surface area (Å²) in [6.07, 6.45) is 0. The number of hydrogen-bond acceptors (Lipinski definition) is 6. The summed E-state index contributed by atoms with van der Waals surface area (Å²) in [5.41, 5.74) is 0.501. The number of nitrogens with zero attached hydrogens (tertiary/aromatic N) is 2. The monoisotopic (exact) mass is 369 g/mol. The van der Waals surface area contributed by atoms with E-state index in [1.54, 1.807) is 0 Å². The van der Waals surface area contributed by atoms with E-state index in [1.165, 1.54) is 37.3 Å². The summed E-state index contributed by atoms with van der Waals surface area (Å²) < 4.78 is 27.1. The van der Waals surface area contributed by atoms with Gasteiger partial charge in [-0.2, -0.15) is 4.98 Å². The zero-order valence-corrected chi connectivity index (χ0v) is 14.6. The fraction of sp³-hybridized carbons (Fsp3) is 0.214. The number of halogens is 1. The molecule has 1 aromatic heterocycles. The average molecular weight is 370 g/mol. The summed E-state index contributed by atoms with van der Waals surface area (Å²) in [6, 6.07) is 7.05. The van der Waals surface area contributed by atoms with Gasteiger partial charge in [0.15, 0.2) is 0 Å². The third kappa shape index (κ3) is 4.80. The van der Waals surface area contributed by atoms with Crippen molar-refractivity contribution < 1.29 is 13.2 Å². The lowest BCUT2D eigenvalue weighted by Crippen LogP contribution is -2.15. The summed E-state index contributed by atoms with van der Waals surface area (Å²) in [5.74, 6) is 0.0379. The smallest absolute Gasteiger partial charge is 0.263 e. The Kier molecular flexibility index (Phi) is 5.58. The first-order valence-corrected chi connectivity index (χ1v) is 8.85. The minimum Gasteiger partial charge on any atom is -0.354 e. The van der Waals surface area contributed by atoms with Gasteiger partial charge in [-0.15, -0.1) is 0 Å². The van der Waals surface area contributed by atoms with Crippen LogP contribution in [-0.2, 0) is 14.8 Å². The molecule has 2 rings (SSSR count). The van der Waals surface area contributed by atoms with Crippen LogP contribution in [0.2, 0.25) is 5.15 Å². The largest absolute Gasteiger partial charge is 0.354 e. The first-order valence-electron chi connectivity index (χ1n) is 6.99. The molecule has 128 valence electrons. The number of amides is 1. The molecule has 0 bridgehead atoms. The summed E-state index contributed by atoms with van der Waals surface area (Å²) >= 11 is 5.86. The molecule has 0 radical (unpaired) electrons. The highest BCUT2D eigenvalue weighted by atomic mass is 35.5. The normalized spacial score (nSPS) is 11.0. The third-order valence-electron chi connectivity index (χ3n) is 2.75. The topological polar surface area (TPSA) is 113 Å². The Morgan fingerprint density at radius 3 is 2.46 bits per heavy atom. The maximum Gasteiger partial charge on any atom is 0.263 e. The van der Waals surface area contributed by atoms with Crippen molar-refractivity contribution in [2.75, 3.05) is 21.9 Å². The number of nitrogens with one attached hydrogen (secondary N) is 3. The Morgan fingerprint density at radius 2 is 1.88 bits per heavy atom. The second-order valence-corrected chi connectivity index (χ2v) is 6.81. The highest BCUT2D eigenvalue weighted by molar-refractivity contribution is 7.92. The summed E-state index contributed by atoms with van der Waals surface area (Å²) in [4.78, 5) is 19.0. The molecule has 1 heterocycles. The molecule has 1 aromatic carbocycles. The van der Waals surface area contributed by atoms with Gasteiger partial charge in [-0.1, -0.05) is 11.6 Å². The van der Waals surface area contributed by atoms with Crippen LogP contribution in [0.25, 0.3) is 0 Å². The van der Waals surface area contributed by atoms with E-state index < -0.39 is 10.0 Å². The number of sulfonamides is 1. The Balaban J connectivity index is 2.23. The van der Waals surface area contributed by atoms with Gasteiger partial charge in [0, 0.05) is 25.2 Å². The van der Waals surface area contributed by atoms with E-state index >= 15 is 0 Å². The van der Waals surface area contributed by atoms with Crippen molar-refractivity contribution in [3.05, 3.63) is 35.5 Å². The van der Waals surface area contributed by atoms with Gasteiger partial charge in [0.1, 0.15) is 11.0 Å². The van der Waals surface area contributed by atoms with Crippen LogP contribution in [-0.4, -0.2) is 30.8 Å².